The van der Waals surface area contributed by atoms with Crippen molar-refractivity contribution in [1.82, 2.24) is 9.97 Å². The predicted octanol–water partition coefficient (Wildman–Crippen LogP) is 11.0. The van der Waals surface area contributed by atoms with E-state index in [1.165, 1.54) is 55.3 Å². The number of hydrogen-bond acceptors (Lipinski definition) is 5. The first-order chi connectivity index (χ1) is 22.7. The van der Waals surface area contributed by atoms with Gasteiger partial charge in [0.2, 0.25) is 0 Å². The van der Waals surface area contributed by atoms with Crippen molar-refractivity contribution in [2.45, 2.75) is 75.3 Å². The minimum Gasteiger partial charge on any atom is -0.489 e. The molecule has 4 atom stereocenters. The summed E-state index contributed by atoms with van der Waals surface area (Å²) < 4.78 is 12.6. The Morgan fingerprint density at radius 2 is 1.46 bits per heavy atom. The lowest BCUT2D eigenvalue weighted by atomic mass is 9.82. The Balaban J connectivity index is 1.18. The lowest BCUT2D eigenvalue weighted by molar-refractivity contribution is 0.164. The van der Waals surface area contributed by atoms with Crippen LogP contribution in [0.25, 0.3) is 44.6 Å². The van der Waals surface area contributed by atoms with E-state index in [1.54, 1.807) is 0 Å². The third-order valence-corrected chi connectivity index (χ3v) is 11.4. The number of nitrogens with zero attached hydrogens (tertiary/aromatic N) is 3. The van der Waals surface area contributed by atoms with Crippen LogP contribution in [0.5, 0.6) is 5.75 Å². The number of benzene rings is 4. The summed E-state index contributed by atoms with van der Waals surface area (Å²) in [4.78, 5) is 13.1. The Kier molecular flexibility index (Phi) is 6.03. The van der Waals surface area contributed by atoms with E-state index in [0.717, 1.165) is 63.2 Å². The summed E-state index contributed by atoms with van der Waals surface area (Å²) in [6, 6.07) is 30.2. The molecule has 5 nitrogen and oxygen atoms in total. The lowest BCUT2D eigenvalue weighted by Crippen LogP contribution is -2.33. The molecule has 3 unspecified atom stereocenters. The fourth-order valence-corrected chi connectivity index (χ4v) is 9.17. The second-order valence-corrected chi connectivity index (χ2v) is 13.9. The summed E-state index contributed by atoms with van der Waals surface area (Å²) >= 11 is 7.50. The quantitative estimate of drug-likeness (QED) is 0.196. The highest BCUT2D eigenvalue weighted by atomic mass is 35.5. The van der Waals surface area contributed by atoms with Crippen molar-refractivity contribution >= 4 is 45.0 Å². The molecule has 10 rings (SSSR count). The molecule has 228 valence electrons. The second kappa shape index (κ2) is 10.3. The van der Waals surface area contributed by atoms with Crippen LogP contribution in [-0.2, 0) is 0 Å². The number of hydrogen-bond donors (Lipinski definition) is 0. The number of furan rings is 1. The van der Waals surface area contributed by atoms with Gasteiger partial charge in [-0.25, -0.2) is 9.97 Å². The first kappa shape index (κ1) is 26.8. The van der Waals surface area contributed by atoms with Crippen LogP contribution >= 0.6 is 11.6 Å². The average molecular weight is 624 g/mol. The molecule has 0 N–H and O–H groups in total. The summed E-state index contributed by atoms with van der Waals surface area (Å²) in [6.07, 6.45) is 9.87. The lowest BCUT2D eigenvalue weighted by Gasteiger charge is -2.33. The van der Waals surface area contributed by atoms with E-state index in [0.29, 0.717) is 28.7 Å². The van der Waals surface area contributed by atoms with Crippen LogP contribution in [-0.4, -0.2) is 22.1 Å². The summed E-state index contributed by atoms with van der Waals surface area (Å²) in [5.74, 6) is 3.45. The second-order valence-electron chi connectivity index (χ2n) is 13.5. The molecule has 4 heterocycles. The zero-order chi connectivity index (χ0) is 30.4. The third-order valence-electron chi connectivity index (χ3n) is 11.0. The Labute approximate surface area is 273 Å². The van der Waals surface area contributed by atoms with E-state index in [4.69, 9.17) is 30.7 Å². The van der Waals surface area contributed by atoms with Gasteiger partial charge in [-0.05, 0) is 86.2 Å². The van der Waals surface area contributed by atoms with Crippen LogP contribution in [0.2, 0.25) is 5.02 Å². The zero-order valence-corrected chi connectivity index (χ0v) is 26.3. The average Bonchev–Trinajstić information content (AvgIpc) is 3.77. The molecule has 0 bridgehead atoms. The molecule has 0 radical (unpaired) electrons. The molecule has 6 heteroatoms. The monoisotopic (exact) mass is 623 g/mol. The summed E-state index contributed by atoms with van der Waals surface area (Å²) in [5, 5.41) is 2.74. The molecule has 2 saturated carbocycles. The van der Waals surface area contributed by atoms with Crippen molar-refractivity contribution in [3.63, 3.8) is 0 Å². The summed E-state index contributed by atoms with van der Waals surface area (Å²) in [5.41, 5.74) is 8.38. The van der Waals surface area contributed by atoms with Gasteiger partial charge < -0.3 is 14.1 Å². The number of halogens is 1. The molecule has 2 fully saturated rings. The Morgan fingerprint density at radius 3 is 2.41 bits per heavy atom. The van der Waals surface area contributed by atoms with E-state index in [2.05, 4.69) is 71.6 Å². The third kappa shape index (κ3) is 4.00. The normalized spacial score (nSPS) is 23.2. The van der Waals surface area contributed by atoms with Gasteiger partial charge in [0.1, 0.15) is 28.0 Å². The van der Waals surface area contributed by atoms with Gasteiger partial charge in [-0.3, -0.25) is 0 Å². The largest absolute Gasteiger partial charge is 0.489 e. The van der Waals surface area contributed by atoms with Gasteiger partial charge >= 0.3 is 0 Å². The van der Waals surface area contributed by atoms with Gasteiger partial charge in [0.25, 0.3) is 0 Å². The van der Waals surface area contributed by atoms with Crippen molar-refractivity contribution in [3.8, 4) is 28.4 Å². The number of anilines is 2. The summed E-state index contributed by atoms with van der Waals surface area (Å²) in [6.45, 7) is 0. The minimum absolute atomic E-state index is 0.289. The molecule has 2 aliphatic carbocycles. The minimum atomic E-state index is 0.289. The van der Waals surface area contributed by atoms with Crippen LogP contribution in [0.15, 0.2) is 89.3 Å². The van der Waals surface area contributed by atoms with E-state index < -0.39 is 0 Å². The van der Waals surface area contributed by atoms with Crippen molar-refractivity contribution in [2.75, 3.05) is 4.90 Å². The SMILES string of the molecule is Clc1c(-c2ccc3oc4ccccc4c3c2)nc(-c2ccc3c(c2)C2CCCC[C@@H]2O3)nc1N1c2ccccc2C2CCCCC21. The van der Waals surface area contributed by atoms with E-state index in [1.807, 2.05) is 18.2 Å². The Hall–Kier alpha value is -4.35. The van der Waals surface area contributed by atoms with Gasteiger partial charge in [0.15, 0.2) is 11.6 Å². The Morgan fingerprint density at radius 1 is 0.674 bits per heavy atom. The van der Waals surface area contributed by atoms with Gasteiger partial charge in [0.05, 0.1) is 5.69 Å². The van der Waals surface area contributed by atoms with Crippen molar-refractivity contribution < 1.29 is 9.15 Å². The van der Waals surface area contributed by atoms with Gasteiger partial charge in [-0.15, -0.1) is 0 Å². The fraction of sp³-hybridized carbons (Fsp3) is 0.300. The standard InChI is InChI=1S/C40H34ClN3O2/c41-37-38(23-17-19-35-29(21-23)27-11-3-7-15-33(27)45-35)42-39(24-18-20-36-30(22-24)28-12-4-8-16-34(28)46-36)43-40(37)44-31-13-5-1-9-25(31)26-10-2-6-14-32(26)44/h1,3,5,7,9,11,13,15,17-22,26,28,32,34H,2,4,6,8,10,12,14,16H2/t26?,28?,32?,34-/m0/s1. The van der Waals surface area contributed by atoms with Crippen molar-refractivity contribution in [2.24, 2.45) is 0 Å². The maximum Gasteiger partial charge on any atom is 0.162 e. The zero-order valence-electron chi connectivity index (χ0n) is 25.6. The van der Waals surface area contributed by atoms with Crippen molar-refractivity contribution in [3.05, 3.63) is 101 Å². The number of ether oxygens (including phenoxy) is 1. The van der Waals surface area contributed by atoms with Crippen LogP contribution in [0.4, 0.5) is 11.5 Å². The molecule has 2 aliphatic heterocycles. The molecular weight excluding hydrogens is 590 g/mol. The molecule has 0 amide bonds. The predicted molar refractivity (Wildman–Crippen MR) is 184 cm³/mol. The number of fused-ring (bicyclic) bond motifs is 9. The molecule has 4 aliphatic rings. The molecule has 4 aromatic carbocycles. The van der Waals surface area contributed by atoms with E-state index in [9.17, 15) is 0 Å². The molecule has 0 spiro atoms. The van der Waals surface area contributed by atoms with Crippen molar-refractivity contribution in [1.29, 1.82) is 0 Å². The maximum atomic E-state index is 7.50. The number of para-hydroxylation sites is 2. The molecule has 0 saturated heterocycles. The first-order valence-corrected chi connectivity index (χ1v) is 17.3. The van der Waals surface area contributed by atoms with Gasteiger partial charge in [-0.2, -0.15) is 0 Å². The molecule has 46 heavy (non-hydrogen) atoms. The fourth-order valence-electron chi connectivity index (χ4n) is 8.88. The number of rotatable bonds is 3. The highest BCUT2D eigenvalue weighted by Crippen LogP contribution is 2.53. The first-order valence-electron chi connectivity index (χ1n) is 16.9. The van der Waals surface area contributed by atoms with E-state index >= 15 is 0 Å². The van der Waals surface area contributed by atoms with Crippen LogP contribution < -0.4 is 9.64 Å². The van der Waals surface area contributed by atoms with Crippen LogP contribution in [0.1, 0.15) is 74.3 Å². The maximum absolute atomic E-state index is 7.50. The smallest absolute Gasteiger partial charge is 0.162 e. The summed E-state index contributed by atoms with van der Waals surface area (Å²) in [7, 11) is 0. The highest BCUT2D eigenvalue weighted by molar-refractivity contribution is 6.35. The number of aromatic nitrogens is 2. The topological polar surface area (TPSA) is 51.4 Å². The Bertz CT molecular complexity index is 2170. The van der Waals surface area contributed by atoms with Gasteiger partial charge in [-0.1, -0.05) is 67.3 Å². The van der Waals surface area contributed by atoms with Crippen LogP contribution in [0, 0.1) is 0 Å². The van der Waals surface area contributed by atoms with E-state index in [-0.39, 0.29) is 6.10 Å². The van der Waals surface area contributed by atoms with Gasteiger partial charge in [0, 0.05) is 51.0 Å². The molecule has 6 aromatic rings. The molecule has 2 aromatic heterocycles. The highest BCUT2D eigenvalue weighted by Gasteiger charge is 2.42. The van der Waals surface area contributed by atoms with Crippen LogP contribution in [0.3, 0.4) is 0 Å². The molecular formula is C40H34ClN3O2.